The summed E-state index contributed by atoms with van der Waals surface area (Å²) in [6.45, 7) is 0. The minimum Gasteiger partial charge on any atom is -0.399 e. The Hall–Kier alpha value is -2.18. The van der Waals surface area contributed by atoms with E-state index in [1.807, 2.05) is 0 Å². The fourth-order valence-corrected chi connectivity index (χ4v) is 2.26. The molecule has 1 heterocycles. The highest BCUT2D eigenvalue weighted by Gasteiger charge is 2.11. The van der Waals surface area contributed by atoms with Gasteiger partial charge in [-0.15, -0.1) is 0 Å². The van der Waals surface area contributed by atoms with E-state index in [4.69, 9.17) is 28.0 Å². The number of nitrogens with zero attached hydrogens (tertiary/aromatic N) is 2. The van der Waals surface area contributed by atoms with Gasteiger partial charge in [0.15, 0.2) is 0 Å². The molecule has 0 aliphatic heterocycles. The Balaban J connectivity index is 2.02. The van der Waals surface area contributed by atoms with Crippen molar-refractivity contribution < 1.29 is 14.0 Å². The molecule has 5 nitrogen and oxygen atoms in total. The normalized spacial score (nSPS) is 11.2. The summed E-state index contributed by atoms with van der Waals surface area (Å²) in [6, 6.07) is 6.22. The van der Waals surface area contributed by atoms with Crippen molar-refractivity contribution in [2.75, 3.05) is 12.4 Å². The van der Waals surface area contributed by atoms with Gasteiger partial charge >= 0.3 is 0 Å². The SMILES string of the molecule is CO/N=C(/CCC(=O)Nc1cncc(F)c1)c1ccc(Cl)c(Cl)c1. The number of carbonyl (C=O) groups is 1. The molecule has 8 heteroatoms. The third kappa shape index (κ3) is 5.18. The lowest BCUT2D eigenvalue weighted by atomic mass is 10.1. The maximum Gasteiger partial charge on any atom is 0.224 e. The molecule has 2 aromatic rings. The molecular weight excluding hydrogens is 356 g/mol. The highest BCUT2D eigenvalue weighted by Crippen LogP contribution is 2.23. The minimum absolute atomic E-state index is 0.124. The van der Waals surface area contributed by atoms with Crippen molar-refractivity contribution in [3.8, 4) is 0 Å². The van der Waals surface area contributed by atoms with E-state index in [1.165, 1.54) is 19.4 Å². The first-order chi connectivity index (χ1) is 11.5. The number of anilines is 1. The highest BCUT2D eigenvalue weighted by atomic mass is 35.5. The van der Waals surface area contributed by atoms with Gasteiger partial charge in [-0.05, 0) is 12.1 Å². The van der Waals surface area contributed by atoms with Crippen LogP contribution in [0.5, 0.6) is 0 Å². The zero-order valence-electron chi connectivity index (χ0n) is 12.7. The molecule has 0 fully saturated rings. The van der Waals surface area contributed by atoms with Crippen molar-refractivity contribution in [3.63, 3.8) is 0 Å². The molecule has 0 radical (unpaired) electrons. The second-order valence-electron chi connectivity index (χ2n) is 4.79. The molecule has 1 aromatic heterocycles. The van der Waals surface area contributed by atoms with Crippen molar-refractivity contribution >= 4 is 40.5 Å². The summed E-state index contributed by atoms with van der Waals surface area (Å²) in [5.74, 6) is -0.823. The first-order valence-electron chi connectivity index (χ1n) is 6.95. The molecule has 1 N–H and O–H groups in total. The first-order valence-corrected chi connectivity index (χ1v) is 7.71. The zero-order chi connectivity index (χ0) is 17.5. The average molecular weight is 370 g/mol. The smallest absolute Gasteiger partial charge is 0.224 e. The van der Waals surface area contributed by atoms with Crippen molar-refractivity contribution in [2.45, 2.75) is 12.8 Å². The molecule has 1 amide bonds. The highest BCUT2D eigenvalue weighted by molar-refractivity contribution is 6.42. The molecule has 2 rings (SSSR count). The predicted octanol–water partition coefficient (Wildman–Crippen LogP) is 4.30. The number of oxime groups is 1. The standard InChI is InChI=1S/C16H14Cl2FN3O2/c1-24-22-15(10-2-3-13(17)14(18)6-10)4-5-16(23)21-12-7-11(19)8-20-9-12/h2-3,6-9H,4-5H2,1H3,(H,21,23)/b22-15-. The topological polar surface area (TPSA) is 63.6 Å². The predicted molar refractivity (Wildman–Crippen MR) is 92.1 cm³/mol. The largest absolute Gasteiger partial charge is 0.399 e. The summed E-state index contributed by atoms with van der Waals surface area (Å²) in [7, 11) is 1.41. The van der Waals surface area contributed by atoms with E-state index in [9.17, 15) is 9.18 Å². The number of hydrogen-bond donors (Lipinski definition) is 1. The quantitative estimate of drug-likeness (QED) is 0.609. The Morgan fingerprint density at radius 1 is 1.25 bits per heavy atom. The lowest BCUT2D eigenvalue weighted by molar-refractivity contribution is -0.116. The number of carbonyl (C=O) groups excluding carboxylic acids is 1. The van der Waals surface area contributed by atoms with Gasteiger partial charge in [-0.3, -0.25) is 9.78 Å². The maximum atomic E-state index is 13.1. The Kier molecular flexibility index (Phi) is 6.52. The fourth-order valence-electron chi connectivity index (χ4n) is 1.96. The maximum absolute atomic E-state index is 13.1. The molecule has 1 aromatic carbocycles. The van der Waals surface area contributed by atoms with Crippen LogP contribution in [-0.4, -0.2) is 23.7 Å². The summed E-state index contributed by atoms with van der Waals surface area (Å²) < 4.78 is 13.1. The van der Waals surface area contributed by atoms with Gasteiger partial charge in [0.05, 0.1) is 33.8 Å². The van der Waals surface area contributed by atoms with Crippen LogP contribution in [0.2, 0.25) is 10.0 Å². The summed E-state index contributed by atoms with van der Waals surface area (Å²) in [6.07, 6.45) is 2.85. The van der Waals surface area contributed by atoms with E-state index < -0.39 is 5.82 Å². The molecule has 0 spiro atoms. The number of nitrogens with one attached hydrogen (secondary N) is 1. The lowest BCUT2D eigenvalue weighted by Crippen LogP contribution is -2.14. The Labute approximate surface area is 148 Å². The van der Waals surface area contributed by atoms with Crippen LogP contribution >= 0.6 is 23.2 Å². The van der Waals surface area contributed by atoms with Crippen molar-refractivity contribution in [1.82, 2.24) is 4.98 Å². The lowest BCUT2D eigenvalue weighted by Gasteiger charge is -2.08. The van der Waals surface area contributed by atoms with Gasteiger partial charge in [-0.25, -0.2) is 4.39 Å². The Bertz CT molecular complexity index is 769. The summed E-state index contributed by atoms with van der Waals surface area (Å²) in [5.41, 5.74) is 1.54. The molecule has 0 saturated carbocycles. The van der Waals surface area contributed by atoms with Crippen LogP contribution < -0.4 is 5.32 Å². The number of amides is 1. The van der Waals surface area contributed by atoms with Crippen molar-refractivity contribution in [3.05, 3.63) is 58.1 Å². The van der Waals surface area contributed by atoms with Crippen LogP contribution in [0.15, 0.2) is 41.8 Å². The van der Waals surface area contributed by atoms with Crippen LogP contribution in [0.25, 0.3) is 0 Å². The number of aromatic nitrogens is 1. The molecule has 0 aliphatic carbocycles. The molecule has 0 atom stereocenters. The zero-order valence-corrected chi connectivity index (χ0v) is 14.2. The minimum atomic E-state index is -0.523. The monoisotopic (exact) mass is 369 g/mol. The van der Waals surface area contributed by atoms with Crippen LogP contribution in [0.1, 0.15) is 18.4 Å². The van der Waals surface area contributed by atoms with E-state index in [1.54, 1.807) is 18.2 Å². The summed E-state index contributed by atoms with van der Waals surface area (Å²) in [5, 5.41) is 7.30. The third-order valence-electron chi connectivity index (χ3n) is 3.03. The van der Waals surface area contributed by atoms with Crippen LogP contribution in [-0.2, 0) is 9.63 Å². The number of hydrogen-bond acceptors (Lipinski definition) is 4. The van der Waals surface area contributed by atoms with E-state index in [0.717, 1.165) is 6.20 Å². The summed E-state index contributed by atoms with van der Waals surface area (Å²) >= 11 is 11.9. The molecule has 0 unspecified atom stereocenters. The fraction of sp³-hybridized carbons (Fsp3) is 0.188. The third-order valence-corrected chi connectivity index (χ3v) is 3.77. The van der Waals surface area contributed by atoms with E-state index in [0.29, 0.717) is 33.4 Å². The Morgan fingerprint density at radius 3 is 2.71 bits per heavy atom. The second-order valence-corrected chi connectivity index (χ2v) is 5.60. The average Bonchev–Trinajstić information content (AvgIpc) is 2.54. The van der Waals surface area contributed by atoms with E-state index in [-0.39, 0.29) is 12.3 Å². The number of pyridine rings is 1. The van der Waals surface area contributed by atoms with Gasteiger partial charge in [-0.1, -0.05) is 34.4 Å². The number of benzene rings is 1. The van der Waals surface area contributed by atoms with Gasteiger partial charge in [-0.2, -0.15) is 0 Å². The van der Waals surface area contributed by atoms with Crippen LogP contribution in [0, 0.1) is 5.82 Å². The number of rotatable bonds is 6. The van der Waals surface area contributed by atoms with Crippen LogP contribution in [0.4, 0.5) is 10.1 Å². The van der Waals surface area contributed by atoms with Gasteiger partial charge in [0.1, 0.15) is 12.9 Å². The van der Waals surface area contributed by atoms with Gasteiger partial charge in [0, 0.05) is 24.5 Å². The van der Waals surface area contributed by atoms with Gasteiger partial charge in [0.25, 0.3) is 0 Å². The number of halogens is 3. The van der Waals surface area contributed by atoms with E-state index >= 15 is 0 Å². The molecular formula is C16H14Cl2FN3O2. The molecule has 0 aliphatic rings. The second kappa shape index (κ2) is 8.61. The van der Waals surface area contributed by atoms with Gasteiger partial charge in [0.2, 0.25) is 5.91 Å². The molecule has 0 bridgehead atoms. The molecule has 0 saturated heterocycles. The summed E-state index contributed by atoms with van der Waals surface area (Å²) in [4.78, 5) is 20.5. The van der Waals surface area contributed by atoms with Crippen molar-refractivity contribution in [1.29, 1.82) is 0 Å². The van der Waals surface area contributed by atoms with Crippen molar-refractivity contribution in [2.24, 2.45) is 5.16 Å². The first kappa shape index (κ1) is 18.2. The molecule has 126 valence electrons. The Morgan fingerprint density at radius 2 is 2.04 bits per heavy atom. The molecule has 24 heavy (non-hydrogen) atoms. The van der Waals surface area contributed by atoms with Crippen LogP contribution in [0.3, 0.4) is 0 Å². The van der Waals surface area contributed by atoms with Gasteiger partial charge < -0.3 is 10.2 Å². The van der Waals surface area contributed by atoms with E-state index in [2.05, 4.69) is 15.5 Å².